The normalized spacial score (nSPS) is 16.4. The molecule has 0 radical (unpaired) electrons. The van der Waals surface area contributed by atoms with Gasteiger partial charge >= 0.3 is 0 Å². The van der Waals surface area contributed by atoms with Gasteiger partial charge in [0.25, 0.3) is 0 Å². The lowest BCUT2D eigenvalue weighted by Crippen LogP contribution is -2.39. The number of hydrogen-bond donors (Lipinski definition) is 0. The van der Waals surface area contributed by atoms with Crippen molar-refractivity contribution in [1.82, 2.24) is 0 Å². The molecule has 1 atom stereocenters. The zero-order valence-electron chi connectivity index (χ0n) is 13.4. The van der Waals surface area contributed by atoms with Crippen molar-refractivity contribution in [3.8, 4) is 0 Å². The summed E-state index contributed by atoms with van der Waals surface area (Å²) in [6, 6.07) is 32.2. The van der Waals surface area contributed by atoms with E-state index in [9.17, 15) is 0 Å². The minimum Gasteiger partial charge on any atom is -0.284 e. The van der Waals surface area contributed by atoms with Crippen LogP contribution in [0.15, 0.2) is 108 Å². The van der Waals surface area contributed by atoms with E-state index < -0.39 is 0 Å². The number of nitrogens with zero attached hydrogens (tertiary/aromatic N) is 1. The largest absolute Gasteiger partial charge is 0.284 e. The highest BCUT2D eigenvalue weighted by Gasteiger charge is 2.43. The summed E-state index contributed by atoms with van der Waals surface area (Å²) in [4.78, 5) is 4.80. The highest BCUT2D eigenvalue weighted by atomic mass is 14.8. The van der Waals surface area contributed by atoms with Gasteiger partial charge in [-0.05, 0) is 22.8 Å². The van der Waals surface area contributed by atoms with Crippen LogP contribution >= 0.6 is 0 Å². The van der Waals surface area contributed by atoms with Crippen LogP contribution in [0.25, 0.3) is 0 Å². The Kier molecular flexibility index (Phi) is 3.84. The third kappa shape index (κ3) is 2.30. The summed E-state index contributed by atoms with van der Waals surface area (Å²) < 4.78 is 0. The maximum Gasteiger partial charge on any atom is 0.0861 e. The fourth-order valence-electron chi connectivity index (χ4n) is 3.72. The van der Waals surface area contributed by atoms with E-state index in [4.69, 9.17) is 4.99 Å². The van der Waals surface area contributed by atoms with Crippen LogP contribution in [0.5, 0.6) is 0 Å². The summed E-state index contributed by atoms with van der Waals surface area (Å²) in [5.74, 6) is 0. The second kappa shape index (κ2) is 6.29. The number of hydrogen-bond acceptors (Lipinski definition) is 1. The van der Waals surface area contributed by atoms with Crippen molar-refractivity contribution >= 4 is 6.21 Å². The lowest BCUT2D eigenvalue weighted by Gasteiger charge is -2.39. The number of rotatable bonds is 4. The Morgan fingerprint density at radius 2 is 1.00 bits per heavy atom. The van der Waals surface area contributed by atoms with E-state index in [2.05, 4.69) is 97.1 Å². The molecule has 0 spiro atoms. The molecule has 1 heteroatoms. The van der Waals surface area contributed by atoms with Gasteiger partial charge in [0.2, 0.25) is 0 Å². The quantitative estimate of drug-likeness (QED) is 0.599. The van der Waals surface area contributed by atoms with Gasteiger partial charge in [-0.25, -0.2) is 0 Å². The summed E-state index contributed by atoms with van der Waals surface area (Å²) in [6.07, 6.45) is 6.16. The van der Waals surface area contributed by atoms with Crippen LogP contribution in [0.3, 0.4) is 0 Å². The first-order valence-corrected chi connectivity index (χ1v) is 8.29. The fraction of sp³-hybridized carbons (Fsp3) is 0.0870. The minimum absolute atomic E-state index is 0.0460. The van der Waals surface area contributed by atoms with Crippen LogP contribution < -0.4 is 0 Å². The first kappa shape index (κ1) is 14.6. The molecule has 3 aromatic carbocycles. The molecule has 0 bridgehead atoms. The van der Waals surface area contributed by atoms with E-state index in [1.54, 1.807) is 0 Å². The number of allylic oxidation sites excluding steroid dienone is 1. The summed E-state index contributed by atoms with van der Waals surface area (Å²) >= 11 is 0. The molecule has 3 aromatic rings. The van der Waals surface area contributed by atoms with E-state index in [1.807, 2.05) is 12.3 Å². The van der Waals surface area contributed by atoms with Crippen molar-refractivity contribution in [3.05, 3.63) is 120 Å². The van der Waals surface area contributed by atoms with Gasteiger partial charge in [0.05, 0.1) is 11.5 Å². The Bertz CT molecular complexity index is 740. The Labute approximate surface area is 143 Å². The van der Waals surface area contributed by atoms with Crippen LogP contribution in [0.4, 0.5) is 0 Å². The van der Waals surface area contributed by atoms with E-state index >= 15 is 0 Å². The number of aliphatic imine (C=N–C) groups is 1. The maximum atomic E-state index is 4.80. The van der Waals surface area contributed by atoms with Crippen molar-refractivity contribution in [3.63, 3.8) is 0 Å². The molecule has 0 fully saturated rings. The third-order valence-electron chi connectivity index (χ3n) is 4.76. The standard InChI is InChI=1S/C23H19N/c1-4-11-19(12-5-1)23(22-17-10-18-24-22,20-13-6-2-7-14-20)21-15-8-3-9-16-21/h1-18,22H. The van der Waals surface area contributed by atoms with E-state index in [0.29, 0.717) is 0 Å². The Morgan fingerprint density at radius 1 is 0.583 bits per heavy atom. The number of benzene rings is 3. The first-order chi connectivity index (χ1) is 11.9. The van der Waals surface area contributed by atoms with Crippen molar-refractivity contribution < 1.29 is 0 Å². The second-order valence-electron chi connectivity index (χ2n) is 6.03. The Morgan fingerprint density at radius 3 is 1.33 bits per heavy atom. The van der Waals surface area contributed by atoms with Crippen molar-refractivity contribution in [2.24, 2.45) is 4.99 Å². The van der Waals surface area contributed by atoms with E-state index in [-0.39, 0.29) is 11.5 Å². The molecule has 116 valence electrons. The molecular weight excluding hydrogens is 290 g/mol. The highest BCUT2D eigenvalue weighted by Crippen LogP contribution is 2.44. The molecule has 0 aromatic heterocycles. The molecule has 0 aliphatic carbocycles. The van der Waals surface area contributed by atoms with Gasteiger partial charge in [-0.2, -0.15) is 0 Å². The molecule has 0 saturated carbocycles. The lowest BCUT2D eigenvalue weighted by molar-refractivity contribution is 0.552. The van der Waals surface area contributed by atoms with Crippen molar-refractivity contribution in [2.45, 2.75) is 11.5 Å². The predicted octanol–water partition coefficient (Wildman–Crippen LogP) is 5.03. The van der Waals surface area contributed by atoms with Crippen LogP contribution in [0, 0.1) is 0 Å². The summed E-state index contributed by atoms with van der Waals surface area (Å²) in [7, 11) is 0. The third-order valence-corrected chi connectivity index (χ3v) is 4.76. The van der Waals surface area contributed by atoms with Gasteiger partial charge in [-0.3, -0.25) is 4.99 Å². The van der Waals surface area contributed by atoms with Crippen molar-refractivity contribution in [2.75, 3.05) is 0 Å². The summed E-state index contributed by atoms with van der Waals surface area (Å²) in [5.41, 5.74) is 3.45. The molecule has 4 rings (SSSR count). The van der Waals surface area contributed by atoms with Crippen molar-refractivity contribution in [1.29, 1.82) is 0 Å². The van der Waals surface area contributed by atoms with Gasteiger partial charge in [-0.15, -0.1) is 0 Å². The summed E-state index contributed by atoms with van der Waals surface area (Å²) in [6.45, 7) is 0. The molecule has 0 N–H and O–H groups in total. The topological polar surface area (TPSA) is 12.4 Å². The molecule has 0 saturated heterocycles. The predicted molar refractivity (Wildman–Crippen MR) is 101 cm³/mol. The first-order valence-electron chi connectivity index (χ1n) is 8.29. The average Bonchev–Trinajstić information content (AvgIpc) is 3.20. The lowest BCUT2D eigenvalue weighted by atomic mass is 9.65. The fourth-order valence-corrected chi connectivity index (χ4v) is 3.72. The summed E-state index contributed by atoms with van der Waals surface area (Å²) in [5, 5.41) is 0. The minimum atomic E-state index is -0.326. The van der Waals surface area contributed by atoms with Crippen LogP contribution in [0.1, 0.15) is 16.7 Å². The van der Waals surface area contributed by atoms with Crippen LogP contribution in [0.2, 0.25) is 0 Å². The smallest absolute Gasteiger partial charge is 0.0861 e. The average molecular weight is 309 g/mol. The van der Waals surface area contributed by atoms with Gasteiger partial charge in [-0.1, -0.05) is 97.1 Å². The molecule has 1 unspecified atom stereocenters. The van der Waals surface area contributed by atoms with E-state index in [1.165, 1.54) is 16.7 Å². The molecule has 1 heterocycles. The zero-order valence-corrected chi connectivity index (χ0v) is 13.4. The Hall–Kier alpha value is -2.93. The molecule has 1 aliphatic heterocycles. The van der Waals surface area contributed by atoms with Crippen LogP contribution in [-0.2, 0) is 5.41 Å². The highest BCUT2D eigenvalue weighted by molar-refractivity contribution is 5.75. The molecule has 1 aliphatic rings. The molecular formula is C23H19N. The molecule has 0 amide bonds. The van der Waals surface area contributed by atoms with E-state index in [0.717, 1.165) is 0 Å². The molecule has 24 heavy (non-hydrogen) atoms. The van der Waals surface area contributed by atoms with Gasteiger partial charge in [0.15, 0.2) is 0 Å². The second-order valence-corrected chi connectivity index (χ2v) is 6.03. The maximum absolute atomic E-state index is 4.80. The van der Waals surface area contributed by atoms with Gasteiger partial charge in [0.1, 0.15) is 0 Å². The van der Waals surface area contributed by atoms with Gasteiger partial charge in [0, 0.05) is 6.21 Å². The molecule has 1 nitrogen and oxygen atoms in total. The monoisotopic (exact) mass is 309 g/mol. The SMILES string of the molecule is C1=CC(C(c2ccccc2)(c2ccccc2)c2ccccc2)N=C1. The zero-order chi connectivity index (χ0) is 16.2. The van der Waals surface area contributed by atoms with Crippen LogP contribution in [-0.4, -0.2) is 12.3 Å². The Balaban J connectivity index is 2.07. The van der Waals surface area contributed by atoms with Gasteiger partial charge < -0.3 is 0 Å².